The molecule has 0 spiro atoms. The minimum atomic E-state index is -0.539. The monoisotopic (exact) mass is 407 g/mol. The zero-order valence-electron chi connectivity index (χ0n) is 15.6. The number of carbonyl (C=O) groups excluding carboxylic acids is 1. The SMILES string of the molecule is Cc1cc(C(Nc2ccccn2)c2ccccc2F)c(NC(=O)c2ccco2)s1. The number of carbonyl (C=O) groups is 1. The Kier molecular flexibility index (Phi) is 5.39. The van der Waals surface area contributed by atoms with Crippen LogP contribution in [-0.4, -0.2) is 10.9 Å². The third-order valence-corrected chi connectivity index (χ3v) is 5.32. The van der Waals surface area contributed by atoms with Crippen LogP contribution < -0.4 is 10.6 Å². The third-order valence-electron chi connectivity index (χ3n) is 4.34. The van der Waals surface area contributed by atoms with E-state index in [1.165, 1.54) is 23.7 Å². The number of halogens is 1. The molecule has 0 radical (unpaired) electrons. The summed E-state index contributed by atoms with van der Waals surface area (Å²) in [6.45, 7) is 1.94. The molecule has 3 aromatic heterocycles. The van der Waals surface area contributed by atoms with Gasteiger partial charge in [-0.3, -0.25) is 4.79 Å². The predicted octanol–water partition coefficient (Wildman–Crippen LogP) is 5.64. The Morgan fingerprint density at radius 3 is 2.66 bits per heavy atom. The van der Waals surface area contributed by atoms with Gasteiger partial charge < -0.3 is 15.1 Å². The summed E-state index contributed by atoms with van der Waals surface area (Å²) < 4.78 is 19.9. The van der Waals surface area contributed by atoms with Crippen molar-refractivity contribution < 1.29 is 13.6 Å². The Balaban J connectivity index is 1.74. The van der Waals surface area contributed by atoms with Gasteiger partial charge in [0.2, 0.25) is 0 Å². The minimum Gasteiger partial charge on any atom is -0.459 e. The molecule has 4 rings (SSSR count). The molecule has 5 nitrogen and oxygen atoms in total. The molecule has 3 heterocycles. The summed E-state index contributed by atoms with van der Waals surface area (Å²) in [4.78, 5) is 17.8. The quantitative estimate of drug-likeness (QED) is 0.434. The van der Waals surface area contributed by atoms with Crippen LogP contribution in [0.3, 0.4) is 0 Å². The van der Waals surface area contributed by atoms with Crippen molar-refractivity contribution in [2.75, 3.05) is 10.6 Å². The molecule has 1 amide bonds. The van der Waals surface area contributed by atoms with Gasteiger partial charge in [0.25, 0.3) is 5.91 Å². The number of nitrogens with zero attached hydrogens (tertiary/aromatic N) is 1. The first kappa shape index (κ1) is 18.9. The van der Waals surface area contributed by atoms with E-state index < -0.39 is 6.04 Å². The highest BCUT2D eigenvalue weighted by atomic mass is 32.1. The lowest BCUT2D eigenvalue weighted by molar-refractivity contribution is 0.0997. The number of benzene rings is 1. The molecule has 0 aliphatic heterocycles. The van der Waals surface area contributed by atoms with Crippen molar-refractivity contribution in [3.63, 3.8) is 0 Å². The van der Waals surface area contributed by atoms with Crippen molar-refractivity contribution in [2.45, 2.75) is 13.0 Å². The maximum atomic E-state index is 14.7. The topological polar surface area (TPSA) is 67.2 Å². The minimum absolute atomic E-state index is 0.210. The van der Waals surface area contributed by atoms with E-state index in [-0.39, 0.29) is 17.5 Å². The molecule has 0 bridgehead atoms. The van der Waals surface area contributed by atoms with Crippen LogP contribution in [0.25, 0.3) is 0 Å². The lowest BCUT2D eigenvalue weighted by atomic mass is 9.99. The van der Waals surface area contributed by atoms with Crippen molar-refractivity contribution in [1.29, 1.82) is 0 Å². The number of thiophene rings is 1. The molecule has 0 saturated carbocycles. The number of aryl methyl sites for hydroxylation is 1. The molecule has 0 aliphatic rings. The van der Waals surface area contributed by atoms with Gasteiger partial charge in [0.05, 0.1) is 12.3 Å². The standard InChI is InChI=1S/C22H18FN3O2S/c1-14-13-16(22(29-14)26-21(27)18-9-6-12-28-18)20(15-7-2-3-8-17(15)23)25-19-10-4-5-11-24-19/h2-13,20H,1H3,(H,24,25)(H,26,27). The molecule has 1 aromatic carbocycles. The highest BCUT2D eigenvalue weighted by Crippen LogP contribution is 2.38. The van der Waals surface area contributed by atoms with Crippen molar-refractivity contribution >= 4 is 28.1 Å². The molecule has 1 atom stereocenters. The van der Waals surface area contributed by atoms with E-state index in [1.807, 2.05) is 31.2 Å². The second-order valence-corrected chi connectivity index (χ2v) is 7.64. The van der Waals surface area contributed by atoms with Gasteiger partial charge in [-0.2, -0.15) is 0 Å². The summed E-state index contributed by atoms with van der Waals surface area (Å²) in [6, 6.07) is 16.7. The molecule has 4 aromatic rings. The summed E-state index contributed by atoms with van der Waals surface area (Å²) in [5.74, 6) is 0.117. The number of hydrogen-bond acceptors (Lipinski definition) is 5. The number of nitrogens with one attached hydrogen (secondary N) is 2. The van der Waals surface area contributed by atoms with Gasteiger partial charge in [-0.1, -0.05) is 24.3 Å². The molecular formula is C22H18FN3O2S. The van der Waals surface area contributed by atoms with Gasteiger partial charge in [-0.15, -0.1) is 11.3 Å². The van der Waals surface area contributed by atoms with Crippen LogP contribution >= 0.6 is 11.3 Å². The Bertz CT molecular complexity index is 1110. The van der Waals surface area contributed by atoms with Gasteiger partial charge >= 0.3 is 0 Å². The zero-order valence-corrected chi connectivity index (χ0v) is 16.4. The summed E-state index contributed by atoms with van der Waals surface area (Å²) in [5.41, 5.74) is 1.22. The normalized spacial score (nSPS) is 11.8. The van der Waals surface area contributed by atoms with Gasteiger partial charge in [0.1, 0.15) is 16.6 Å². The number of hydrogen-bond donors (Lipinski definition) is 2. The molecule has 29 heavy (non-hydrogen) atoms. The van der Waals surface area contributed by atoms with E-state index >= 15 is 0 Å². The average molecular weight is 407 g/mol. The number of anilines is 2. The van der Waals surface area contributed by atoms with Gasteiger partial charge in [0, 0.05) is 22.2 Å². The fourth-order valence-corrected chi connectivity index (χ4v) is 3.99. The summed E-state index contributed by atoms with van der Waals surface area (Å²) in [6.07, 6.45) is 3.11. The van der Waals surface area contributed by atoms with E-state index in [1.54, 1.807) is 36.5 Å². The van der Waals surface area contributed by atoms with Crippen molar-refractivity contribution in [3.8, 4) is 0 Å². The molecule has 0 aliphatic carbocycles. The maximum Gasteiger partial charge on any atom is 0.291 e. The van der Waals surface area contributed by atoms with E-state index in [9.17, 15) is 9.18 Å². The highest BCUT2D eigenvalue weighted by Gasteiger charge is 2.24. The largest absolute Gasteiger partial charge is 0.459 e. The second-order valence-electron chi connectivity index (χ2n) is 6.39. The number of pyridine rings is 1. The Labute approximate surface area is 171 Å². The van der Waals surface area contributed by atoms with Crippen LogP contribution in [0, 0.1) is 12.7 Å². The summed E-state index contributed by atoms with van der Waals surface area (Å²) in [5, 5.41) is 6.81. The van der Waals surface area contributed by atoms with Crippen molar-refractivity contribution in [2.24, 2.45) is 0 Å². The van der Waals surface area contributed by atoms with E-state index in [0.717, 1.165) is 10.4 Å². The summed E-state index contributed by atoms with van der Waals surface area (Å²) >= 11 is 1.42. The third kappa shape index (κ3) is 4.20. The van der Waals surface area contributed by atoms with Crippen LogP contribution in [0.15, 0.2) is 77.5 Å². The zero-order chi connectivity index (χ0) is 20.2. The summed E-state index contributed by atoms with van der Waals surface area (Å²) in [7, 11) is 0. The van der Waals surface area contributed by atoms with Crippen LogP contribution in [0.4, 0.5) is 15.2 Å². The van der Waals surface area contributed by atoms with Crippen LogP contribution in [-0.2, 0) is 0 Å². The Hall–Kier alpha value is -3.45. The first-order valence-electron chi connectivity index (χ1n) is 8.99. The highest BCUT2D eigenvalue weighted by molar-refractivity contribution is 7.16. The molecule has 146 valence electrons. The average Bonchev–Trinajstić information content (AvgIpc) is 3.38. The van der Waals surface area contributed by atoms with Gasteiger partial charge in [-0.25, -0.2) is 9.37 Å². The van der Waals surface area contributed by atoms with E-state index in [2.05, 4.69) is 15.6 Å². The Morgan fingerprint density at radius 2 is 1.93 bits per heavy atom. The maximum absolute atomic E-state index is 14.7. The first-order valence-corrected chi connectivity index (χ1v) is 9.80. The van der Waals surface area contributed by atoms with E-state index in [0.29, 0.717) is 16.4 Å². The van der Waals surface area contributed by atoms with Crippen LogP contribution in [0.5, 0.6) is 0 Å². The number of aromatic nitrogens is 1. The van der Waals surface area contributed by atoms with Gasteiger partial charge in [-0.05, 0) is 43.3 Å². The number of rotatable bonds is 6. The number of amides is 1. The molecule has 2 N–H and O–H groups in total. The first-order chi connectivity index (χ1) is 14.1. The molecule has 0 fully saturated rings. The fourth-order valence-electron chi connectivity index (χ4n) is 3.05. The fraction of sp³-hybridized carbons (Fsp3) is 0.0909. The van der Waals surface area contributed by atoms with Crippen molar-refractivity contribution in [3.05, 3.63) is 101 Å². The second kappa shape index (κ2) is 8.28. The predicted molar refractivity (Wildman–Crippen MR) is 112 cm³/mol. The lowest BCUT2D eigenvalue weighted by Crippen LogP contribution is -2.17. The van der Waals surface area contributed by atoms with Crippen LogP contribution in [0.2, 0.25) is 0 Å². The lowest BCUT2D eigenvalue weighted by Gasteiger charge is -2.21. The van der Waals surface area contributed by atoms with Gasteiger partial charge in [0.15, 0.2) is 5.76 Å². The molecule has 7 heteroatoms. The Morgan fingerprint density at radius 1 is 1.10 bits per heavy atom. The molecule has 0 saturated heterocycles. The molecule has 1 unspecified atom stereocenters. The van der Waals surface area contributed by atoms with Crippen LogP contribution in [0.1, 0.15) is 32.6 Å². The number of furan rings is 1. The van der Waals surface area contributed by atoms with E-state index in [4.69, 9.17) is 4.42 Å². The smallest absolute Gasteiger partial charge is 0.291 e. The van der Waals surface area contributed by atoms with Crippen molar-refractivity contribution in [1.82, 2.24) is 4.98 Å². The molecular weight excluding hydrogens is 389 g/mol.